The molecule has 0 aromatic rings. The van der Waals surface area contributed by atoms with Crippen LogP contribution in [0.1, 0.15) is 66.2 Å². The smallest absolute Gasteiger partial charge is 0.0603 e. The molecular formula is C19H38N2O. The zero-order chi connectivity index (χ0) is 15.9. The van der Waals surface area contributed by atoms with E-state index in [-0.39, 0.29) is 0 Å². The molecule has 1 heterocycles. The molecule has 0 spiro atoms. The Morgan fingerprint density at radius 1 is 0.909 bits per heavy atom. The van der Waals surface area contributed by atoms with Gasteiger partial charge in [0.2, 0.25) is 0 Å². The third-order valence-corrected chi connectivity index (χ3v) is 5.15. The van der Waals surface area contributed by atoms with Crippen molar-refractivity contribution in [3.63, 3.8) is 0 Å². The number of rotatable bonds is 7. The summed E-state index contributed by atoms with van der Waals surface area (Å²) in [5.41, 5.74) is 0. The van der Waals surface area contributed by atoms with E-state index in [0.717, 1.165) is 11.8 Å². The predicted octanol–water partition coefficient (Wildman–Crippen LogP) is 3.68. The van der Waals surface area contributed by atoms with Gasteiger partial charge in [-0.25, -0.2) is 0 Å². The highest BCUT2D eigenvalue weighted by atomic mass is 16.5. The lowest BCUT2D eigenvalue weighted by molar-refractivity contribution is -0.0615. The van der Waals surface area contributed by atoms with E-state index in [2.05, 4.69) is 37.9 Å². The van der Waals surface area contributed by atoms with Crippen LogP contribution in [0.25, 0.3) is 0 Å². The number of piperidine rings is 1. The molecule has 2 rings (SSSR count). The number of likely N-dealkylation sites (tertiary alicyclic amines) is 1. The van der Waals surface area contributed by atoms with Gasteiger partial charge in [0, 0.05) is 25.7 Å². The highest BCUT2D eigenvalue weighted by molar-refractivity contribution is 4.79. The van der Waals surface area contributed by atoms with Crippen molar-refractivity contribution in [3.8, 4) is 0 Å². The maximum Gasteiger partial charge on any atom is 0.0603 e. The molecule has 0 aromatic heterocycles. The molecule has 2 aliphatic rings. The summed E-state index contributed by atoms with van der Waals surface area (Å²) in [4.78, 5) is 2.61. The Kier molecular flexibility index (Phi) is 7.66. The van der Waals surface area contributed by atoms with Crippen molar-refractivity contribution >= 4 is 0 Å². The molecule has 22 heavy (non-hydrogen) atoms. The number of hydrogen-bond acceptors (Lipinski definition) is 3. The molecule has 1 N–H and O–H groups in total. The van der Waals surface area contributed by atoms with Crippen LogP contribution in [0.15, 0.2) is 0 Å². The second kappa shape index (κ2) is 9.24. The number of hydrogen-bond donors (Lipinski definition) is 1. The van der Waals surface area contributed by atoms with Crippen molar-refractivity contribution in [2.45, 2.75) is 84.5 Å². The first kappa shape index (κ1) is 18.2. The molecule has 1 aliphatic carbocycles. The van der Waals surface area contributed by atoms with Crippen molar-refractivity contribution in [1.29, 1.82) is 0 Å². The third-order valence-electron chi connectivity index (χ3n) is 5.15. The van der Waals surface area contributed by atoms with Gasteiger partial charge in [-0.2, -0.15) is 0 Å². The summed E-state index contributed by atoms with van der Waals surface area (Å²) in [6.45, 7) is 14.0. The summed E-state index contributed by atoms with van der Waals surface area (Å²) in [5, 5.41) is 3.59. The zero-order valence-electron chi connectivity index (χ0n) is 15.3. The van der Waals surface area contributed by atoms with Gasteiger partial charge in [-0.1, -0.05) is 27.7 Å². The molecule has 1 saturated heterocycles. The fraction of sp³-hybridized carbons (Fsp3) is 1.00. The van der Waals surface area contributed by atoms with E-state index in [1.165, 1.54) is 64.7 Å². The lowest BCUT2D eigenvalue weighted by Crippen LogP contribution is -2.40. The number of ether oxygens (including phenoxy) is 1. The normalized spacial score (nSPS) is 28.6. The van der Waals surface area contributed by atoms with Crippen molar-refractivity contribution in [2.75, 3.05) is 26.2 Å². The molecule has 1 aliphatic heterocycles. The summed E-state index contributed by atoms with van der Waals surface area (Å²) < 4.78 is 6.41. The van der Waals surface area contributed by atoms with E-state index in [1.54, 1.807) is 0 Å². The molecule has 0 amide bonds. The fourth-order valence-electron chi connectivity index (χ4n) is 3.89. The minimum absolute atomic E-state index is 0.527. The van der Waals surface area contributed by atoms with E-state index in [1.807, 2.05) is 0 Å². The van der Waals surface area contributed by atoms with E-state index >= 15 is 0 Å². The Balaban J connectivity index is 1.59. The van der Waals surface area contributed by atoms with E-state index in [0.29, 0.717) is 18.2 Å². The average Bonchev–Trinajstić information content (AvgIpc) is 2.48. The predicted molar refractivity (Wildman–Crippen MR) is 94.3 cm³/mol. The van der Waals surface area contributed by atoms with Gasteiger partial charge in [0.25, 0.3) is 0 Å². The van der Waals surface area contributed by atoms with Gasteiger partial charge in [-0.15, -0.1) is 0 Å². The summed E-state index contributed by atoms with van der Waals surface area (Å²) in [6, 6.07) is 0.616. The minimum atomic E-state index is 0.527. The van der Waals surface area contributed by atoms with Crippen LogP contribution in [0.4, 0.5) is 0 Å². The van der Waals surface area contributed by atoms with Gasteiger partial charge in [0.05, 0.1) is 12.2 Å². The molecule has 0 aromatic carbocycles. The van der Waals surface area contributed by atoms with Crippen molar-refractivity contribution in [3.05, 3.63) is 0 Å². The van der Waals surface area contributed by atoms with Crippen LogP contribution in [0.5, 0.6) is 0 Å². The molecule has 0 radical (unpaired) electrons. The quantitative estimate of drug-likeness (QED) is 0.776. The molecule has 0 bridgehead atoms. The van der Waals surface area contributed by atoms with Gasteiger partial charge in [0.15, 0.2) is 0 Å². The van der Waals surface area contributed by atoms with Gasteiger partial charge < -0.3 is 15.0 Å². The van der Waals surface area contributed by atoms with Crippen LogP contribution in [0, 0.1) is 11.8 Å². The fourth-order valence-corrected chi connectivity index (χ4v) is 3.89. The highest BCUT2D eigenvalue weighted by Gasteiger charge is 2.26. The van der Waals surface area contributed by atoms with Gasteiger partial charge in [-0.05, 0) is 56.9 Å². The Labute approximate surface area is 138 Å². The standard InChI is InChI=1S/C19H38N2O/c1-15(2)14-21-11-9-19(10-12-21)22-18-7-5-17(6-8-18)13-20-16(3)4/h15-20H,5-14H2,1-4H3. The van der Waals surface area contributed by atoms with Crippen LogP contribution in [-0.4, -0.2) is 49.3 Å². The highest BCUT2D eigenvalue weighted by Crippen LogP contribution is 2.28. The second-order valence-corrected chi connectivity index (χ2v) is 8.24. The lowest BCUT2D eigenvalue weighted by Gasteiger charge is -2.36. The van der Waals surface area contributed by atoms with Gasteiger partial charge in [0.1, 0.15) is 0 Å². The number of nitrogens with zero attached hydrogens (tertiary/aromatic N) is 1. The Morgan fingerprint density at radius 2 is 1.50 bits per heavy atom. The van der Waals surface area contributed by atoms with E-state index < -0.39 is 0 Å². The maximum atomic E-state index is 6.41. The Morgan fingerprint density at radius 3 is 2.05 bits per heavy atom. The minimum Gasteiger partial charge on any atom is -0.375 e. The molecule has 0 unspecified atom stereocenters. The summed E-state index contributed by atoms with van der Waals surface area (Å²) >= 11 is 0. The SMILES string of the molecule is CC(C)CN1CCC(OC2CCC(CNC(C)C)CC2)CC1. The third kappa shape index (κ3) is 6.55. The average molecular weight is 311 g/mol. The molecular weight excluding hydrogens is 272 g/mol. The zero-order valence-corrected chi connectivity index (χ0v) is 15.3. The summed E-state index contributed by atoms with van der Waals surface area (Å²) in [7, 11) is 0. The van der Waals surface area contributed by atoms with Crippen LogP contribution < -0.4 is 5.32 Å². The number of nitrogens with one attached hydrogen (secondary N) is 1. The Hall–Kier alpha value is -0.120. The van der Waals surface area contributed by atoms with Crippen LogP contribution in [-0.2, 0) is 4.74 Å². The topological polar surface area (TPSA) is 24.5 Å². The van der Waals surface area contributed by atoms with Crippen molar-refractivity contribution < 1.29 is 4.74 Å². The molecule has 3 nitrogen and oxygen atoms in total. The Bertz CT molecular complexity index is 290. The van der Waals surface area contributed by atoms with Crippen molar-refractivity contribution in [1.82, 2.24) is 10.2 Å². The largest absolute Gasteiger partial charge is 0.375 e. The van der Waals surface area contributed by atoms with Gasteiger partial charge >= 0.3 is 0 Å². The molecule has 130 valence electrons. The monoisotopic (exact) mass is 310 g/mol. The van der Waals surface area contributed by atoms with Crippen LogP contribution in [0.3, 0.4) is 0 Å². The molecule has 3 heteroatoms. The summed E-state index contributed by atoms with van der Waals surface area (Å²) in [6.07, 6.45) is 8.78. The molecule has 2 fully saturated rings. The van der Waals surface area contributed by atoms with E-state index in [9.17, 15) is 0 Å². The van der Waals surface area contributed by atoms with Crippen molar-refractivity contribution in [2.24, 2.45) is 11.8 Å². The second-order valence-electron chi connectivity index (χ2n) is 8.24. The van der Waals surface area contributed by atoms with E-state index in [4.69, 9.17) is 4.74 Å². The first-order valence-electron chi connectivity index (χ1n) is 9.64. The maximum absolute atomic E-state index is 6.41. The molecule has 1 saturated carbocycles. The first-order valence-corrected chi connectivity index (χ1v) is 9.64. The first-order chi connectivity index (χ1) is 10.5. The van der Waals surface area contributed by atoms with Crippen LogP contribution in [0.2, 0.25) is 0 Å². The van der Waals surface area contributed by atoms with Crippen LogP contribution >= 0.6 is 0 Å². The molecule has 0 atom stereocenters. The summed E-state index contributed by atoms with van der Waals surface area (Å²) in [5.74, 6) is 1.65. The van der Waals surface area contributed by atoms with Gasteiger partial charge in [-0.3, -0.25) is 0 Å². The lowest BCUT2D eigenvalue weighted by atomic mass is 9.87.